The number of nitrogens with zero attached hydrogens (tertiary/aromatic N) is 4. The Morgan fingerprint density at radius 3 is 2.69 bits per heavy atom. The third-order valence-corrected chi connectivity index (χ3v) is 5.25. The molecule has 0 radical (unpaired) electrons. The Morgan fingerprint density at radius 1 is 1.17 bits per heavy atom. The summed E-state index contributed by atoms with van der Waals surface area (Å²) in [7, 11) is 0. The largest absolute Gasteiger partial charge is 0.618 e. The summed E-state index contributed by atoms with van der Waals surface area (Å²) in [5.41, 5.74) is -1.34. The summed E-state index contributed by atoms with van der Waals surface area (Å²) >= 11 is 0. The first-order valence-electron chi connectivity index (χ1n) is 9.01. The molecule has 148 valence electrons. The highest BCUT2D eigenvalue weighted by molar-refractivity contribution is 5.75. The Balaban J connectivity index is 1.88. The van der Waals surface area contributed by atoms with E-state index in [-0.39, 0.29) is 17.8 Å². The monoisotopic (exact) mass is 396 g/mol. The van der Waals surface area contributed by atoms with E-state index < -0.39 is 23.2 Å². The summed E-state index contributed by atoms with van der Waals surface area (Å²) in [4.78, 5) is 3.85. The topological polar surface area (TPSA) is 77.9 Å². The van der Waals surface area contributed by atoms with Crippen molar-refractivity contribution in [1.82, 2.24) is 14.8 Å². The number of aliphatic hydroxyl groups is 1. The molecule has 1 N–H and O–H groups in total. The van der Waals surface area contributed by atoms with Gasteiger partial charge in [-0.05, 0) is 25.1 Å². The highest BCUT2D eigenvalue weighted by Gasteiger charge is 2.43. The molecular weight excluding hydrogens is 378 g/mol. The van der Waals surface area contributed by atoms with Crippen LogP contribution in [0, 0.1) is 16.8 Å². The Labute approximate surface area is 165 Å². The molecule has 6 nitrogen and oxygen atoms in total. The first kappa shape index (κ1) is 18.9. The summed E-state index contributed by atoms with van der Waals surface area (Å²) in [6.45, 7) is 1.45. The van der Waals surface area contributed by atoms with E-state index in [4.69, 9.17) is 0 Å². The van der Waals surface area contributed by atoms with Crippen molar-refractivity contribution in [2.24, 2.45) is 0 Å². The summed E-state index contributed by atoms with van der Waals surface area (Å²) in [6, 6.07) is 13.4. The van der Waals surface area contributed by atoms with Gasteiger partial charge in [0.25, 0.3) is 0 Å². The number of benzene rings is 2. The van der Waals surface area contributed by atoms with Gasteiger partial charge in [-0.2, -0.15) is 9.83 Å². The lowest BCUT2D eigenvalue weighted by atomic mass is 9.79. The van der Waals surface area contributed by atoms with Crippen LogP contribution in [-0.4, -0.2) is 19.9 Å². The van der Waals surface area contributed by atoms with Crippen LogP contribution in [0.4, 0.5) is 8.78 Å². The van der Waals surface area contributed by atoms with Crippen molar-refractivity contribution < 1.29 is 18.6 Å². The first-order valence-corrected chi connectivity index (χ1v) is 9.01. The molecule has 0 amide bonds. The number of fused-ring (bicyclic) bond motifs is 1. The maximum atomic E-state index is 14.7. The maximum Gasteiger partial charge on any atom is 0.223 e. The van der Waals surface area contributed by atoms with Gasteiger partial charge in [-0.25, -0.2) is 18.4 Å². The summed E-state index contributed by atoms with van der Waals surface area (Å²) in [6.07, 6.45) is 2.67. The van der Waals surface area contributed by atoms with Gasteiger partial charge in [-0.3, -0.25) is 0 Å². The molecule has 2 heterocycles. The summed E-state index contributed by atoms with van der Waals surface area (Å²) < 4.78 is 30.2. The van der Waals surface area contributed by atoms with Crippen molar-refractivity contribution in [2.45, 2.75) is 25.0 Å². The fraction of sp³-hybridized carbons (Fsp3) is 0.190. The molecule has 2 aromatic carbocycles. The fourth-order valence-corrected chi connectivity index (χ4v) is 3.62. The van der Waals surface area contributed by atoms with Crippen LogP contribution in [0.2, 0.25) is 0 Å². The molecule has 29 heavy (non-hydrogen) atoms. The molecule has 0 bridgehead atoms. The summed E-state index contributed by atoms with van der Waals surface area (Å²) in [5.74, 6) is -2.52. The van der Waals surface area contributed by atoms with Crippen LogP contribution in [0.25, 0.3) is 10.9 Å². The number of rotatable bonds is 5. The van der Waals surface area contributed by atoms with E-state index in [0.29, 0.717) is 11.6 Å². The van der Waals surface area contributed by atoms with Gasteiger partial charge in [0.1, 0.15) is 29.9 Å². The Kier molecular flexibility index (Phi) is 4.71. The minimum absolute atomic E-state index is 0.130. The third kappa shape index (κ3) is 3.31. The Morgan fingerprint density at radius 2 is 1.97 bits per heavy atom. The van der Waals surface area contributed by atoms with Gasteiger partial charge in [0.05, 0.1) is 12.5 Å². The second-order valence-electron chi connectivity index (χ2n) is 6.97. The zero-order chi connectivity index (χ0) is 20.6. The van der Waals surface area contributed by atoms with E-state index in [2.05, 4.69) is 10.1 Å². The molecule has 0 aliphatic carbocycles. The summed E-state index contributed by atoms with van der Waals surface area (Å²) in [5, 5.41) is 29.4. The van der Waals surface area contributed by atoms with Crippen LogP contribution in [0.15, 0.2) is 67.3 Å². The van der Waals surface area contributed by atoms with Gasteiger partial charge >= 0.3 is 0 Å². The molecule has 0 spiro atoms. The third-order valence-electron chi connectivity index (χ3n) is 5.25. The fourth-order valence-electron chi connectivity index (χ4n) is 3.62. The van der Waals surface area contributed by atoms with Crippen LogP contribution >= 0.6 is 0 Å². The first-order chi connectivity index (χ1) is 13.9. The molecule has 0 aliphatic rings. The van der Waals surface area contributed by atoms with Crippen molar-refractivity contribution in [3.05, 3.63) is 95.4 Å². The van der Waals surface area contributed by atoms with Gasteiger partial charge in [-0.1, -0.05) is 18.2 Å². The Bertz CT molecular complexity index is 1170. The number of pyridine rings is 1. The Hall–Kier alpha value is -3.39. The minimum atomic E-state index is -1.89. The average molecular weight is 396 g/mol. The zero-order valence-corrected chi connectivity index (χ0v) is 15.5. The van der Waals surface area contributed by atoms with E-state index in [1.54, 1.807) is 37.3 Å². The highest BCUT2D eigenvalue weighted by Crippen LogP contribution is 2.39. The molecule has 0 saturated carbocycles. The highest BCUT2D eigenvalue weighted by atomic mass is 19.1. The quantitative estimate of drug-likeness (QED) is 0.416. The molecule has 2 aromatic heterocycles. The van der Waals surface area contributed by atoms with Crippen molar-refractivity contribution in [3.63, 3.8) is 0 Å². The van der Waals surface area contributed by atoms with Crippen LogP contribution in [0.3, 0.4) is 0 Å². The SMILES string of the molecule is CC(c1ccc2ccccc2[n+]1[O-])C(O)(Cn1cncn1)c1ccc(F)cc1F. The molecule has 0 saturated heterocycles. The van der Waals surface area contributed by atoms with Crippen molar-refractivity contribution in [3.8, 4) is 0 Å². The van der Waals surface area contributed by atoms with Gasteiger partial charge < -0.3 is 10.3 Å². The van der Waals surface area contributed by atoms with Gasteiger partial charge in [-0.15, -0.1) is 0 Å². The molecule has 4 rings (SSSR count). The second kappa shape index (κ2) is 7.21. The number of hydrogen-bond acceptors (Lipinski definition) is 4. The molecular formula is C21H18F2N4O2. The van der Waals surface area contributed by atoms with Crippen LogP contribution < -0.4 is 4.73 Å². The predicted octanol–water partition coefficient (Wildman–Crippen LogP) is 3.03. The zero-order valence-electron chi connectivity index (χ0n) is 15.5. The average Bonchev–Trinajstić information content (AvgIpc) is 3.20. The maximum absolute atomic E-state index is 14.7. The minimum Gasteiger partial charge on any atom is -0.618 e. The molecule has 4 aromatic rings. The number of hydrogen-bond donors (Lipinski definition) is 1. The lowest BCUT2D eigenvalue weighted by molar-refractivity contribution is -0.589. The van der Waals surface area contributed by atoms with E-state index in [1.165, 1.54) is 23.4 Å². The number of para-hydroxylation sites is 1. The molecule has 8 heteroatoms. The van der Waals surface area contributed by atoms with Crippen LogP contribution in [-0.2, 0) is 12.1 Å². The van der Waals surface area contributed by atoms with Crippen LogP contribution in [0.1, 0.15) is 24.1 Å². The molecule has 0 aliphatic heterocycles. The standard InChI is InChI=1S/C21H18F2N4O2/c1-14(19-9-6-15-4-2-3-5-20(15)27(19)29)21(28,11-26-13-24-12-25-26)17-8-7-16(22)10-18(17)23/h2-10,12-14,28H,11H2,1H3. The van der Waals surface area contributed by atoms with Crippen molar-refractivity contribution in [1.29, 1.82) is 0 Å². The van der Waals surface area contributed by atoms with E-state index in [9.17, 15) is 19.1 Å². The number of aromatic nitrogens is 4. The second-order valence-corrected chi connectivity index (χ2v) is 6.97. The van der Waals surface area contributed by atoms with Gasteiger partial charge in [0, 0.05) is 29.1 Å². The smallest absolute Gasteiger partial charge is 0.223 e. The number of halogens is 2. The van der Waals surface area contributed by atoms with Crippen LogP contribution in [0.5, 0.6) is 0 Å². The lowest BCUT2D eigenvalue weighted by Gasteiger charge is -2.33. The van der Waals surface area contributed by atoms with Crippen molar-refractivity contribution >= 4 is 10.9 Å². The van der Waals surface area contributed by atoms with E-state index in [0.717, 1.165) is 16.2 Å². The molecule has 0 fully saturated rings. The molecule has 2 atom stereocenters. The van der Waals surface area contributed by atoms with E-state index in [1.807, 2.05) is 6.07 Å². The van der Waals surface area contributed by atoms with E-state index >= 15 is 0 Å². The normalized spacial score (nSPS) is 14.6. The predicted molar refractivity (Wildman–Crippen MR) is 102 cm³/mol. The van der Waals surface area contributed by atoms with Gasteiger partial charge in [0.2, 0.25) is 5.52 Å². The van der Waals surface area contributed by atoms with Gasteiger partial charge in [0.15, 0.2) is 5.69 Å². The molecule has 2 unspecified atom stereocenters. The lowest BCUT2D eigenvalue weighted by Crippen LogP contribution is -2.44. The van der Waals surface area contributed by atoms with Crippen molar-refractivity contribution in [2.75, 3.05) is 0 Å².